The Morgan fingerprint density at radius 3 is 2.79 bits per heavy atom. The van der Waals surface area contributed by atoms with Crippen molar-refractivity contribution >= 4 is 5.82 Å². The first-order valence-electron chi connectivity index (χ1n) is 5.62. The summed E-state index contributed by atoms with van der Waals surface area (Å²) in [6.07, 6.45) is 1.56. The molecule has 3 nitrogen and oxygen atoms in total. The van der Waals surface area contributed by atoms with E-state index in [4.69, 9.17) is 5.26 Å². The molecular formula is C14H11F2N3. The van der Waals surface area contributed by atoms with Crippen LogP contribution in [0.4, 0.5) is 14.6 Å². The molecule has 1 aromatic heterocycles. The van der Waals surface area contributed by atoms with Crippen LogP contribution >= 0.6 is 0 Å². The molecule has 0 spiro atoms. The lowest BCUT2D eigenvalue weighted by Gasteiger charge is -2.19. The number of anilines is 1. The second-order valence-electron chi connectivity index (χ2n) is 4.08. The topological polar surface area (TPSA) is 39.9 Å². The van der Waals surface area contributed by atoms with Gasteiger partial charge in [0, 0.05) is 31.4 Å². The molecule has 0 aliphatic rings. The Morgan fingerprint density at radius 2 is 2.11 bits per heavy atom. The lowest BCUT2D eigenvalue weighted by Crippen LogP contribution is -2.19. The maximum Gasteiger partial charge on any atom is 0.146 e. The highest BCUT2D eigenvalue weighted by Crippen LogP contribution is 2.18. The molecule has 2 rings (SSSR count). The van der Waals surface area contributed by atoms with Crippen molar-refractivity contribution in [2.75, 3.05) is 11.9 Å². The van der Waals surface area contributed by atoms with Gasteiger partial charge in [-0.05, 0) is 18.2 Å². The number of nitriles is 1. The van der Waals surface area contributed by atoms with Crippen molar-refractivity contribution < 1.29 is 8.78 Å². The van der Waals surface area contributed by atoms with Gasteiger partial charge in [-0.1, -0.05) is 6.07 Å². The first kappa shape index (κ1) is 13.0. The van der Waals surface area contributed by atoms with Gasteiger partial charge in [-0.2, -0.15) is 5.26 Å². The monoisotopic (exact) mass is 259 g/mol. The third-order valence-corrected chi connectivity index (χ3v) is 2.69. The summed E-state index contributed by atoms with van der Waals surface area (Å²) in [7, 11) is 1.70. The van der Waals surface area contributed by atoms with E-state index in [0.29, 0.717) is 16.9 Å². The molecule has 0 aliphatic heterocycles. The SMILES string of the molecule is CN(Cc1ccc(F)cc1F)c1ncccc1C#N. The summed E-state index contributed by atoms with van der Waals surface area (Å²) in [5, 5.41) is 8.98. The minimum absolute atomic E-state index is 0.206. The fraction of sp³-hybridized carbons (Fsp3) is 0.143. The normalized spacial score (nSPS) is 10.0. The Labute approximate surface area is 109 Å². The Balaban J connectivity index is 2.26. The molecule has 0 amide bonds. The van der Waals surface area contributed by atoms with Crippen molar-refractivity contribution in [1.82, 2.24) is 4.98 Å². The number of aromatic nitrogens is 1. The highest BCUT2D eigenvalue weighted by Gasteiger charge is 2.11. The summed E-state index contributed by atoms with van der Waals surface area (Å²) >= 11 is 0. The van der Waals surface area contributed by atoms with Crippen molar-refractivity contribution in [3.05, 3.63) is 59.3 Å². The second-order valence-corrected chi connectivity index (χ2v) is 4.08. The van der Waals surface area contributed by atoms with Crippen LogP contribution in [0.3, 0.4) is 0 Å². The zero-order valence-corrected chi connectivity index (χ0v) is 10.3. The zero-order valence-electron chi connectivity index (χ0n) is 10.3. The van der Waals surface area contributed by atoms with Gasteiger partial charge in [0.2, 0.25) is 0 Å². The summed E-state index contributed by atoms with van der Waals surface area (Å²) in [4.78, 5) is 5.75. The first-order valence-corrected chi connectivity index (χ1v) is 5.62. The summed E-state index contributed by atoms with van der Waals surface area (Å²) in [5.74, 6) is -0.755. The lowest BCUT2D eigenvalue weighted by atomic mass is 10.2. The van der Waals surface area contributed by atoms with Gasteiger partial charge in [-0.15, -0.1) is 0 Å². The van der Waals surface area contributed by atoms with E-state index in [9.17, 15) is 8.78 Å². The average Bonchev–Trinajstić information content (AvgIpc) is 2.41. The molecule has 0 aliphatic carbocycles. The fourth-order valence-electron chi connectivity index (χ4n) is 1.77. The van der Waals surface area contributed by atoms with Gasteiger partial charge in [-0.3, -0.25) is 0 Å². The van der Waals surface area contributed by atoms with Crippen molar-refractivity contribution in [1.29, 1.82) is 5.26 Å². The van der Waals surface area contributed by atoms with Gasteiger partial charge in [-0.25, -0.2) is 13.8 Å². The Bertz CT molecular complexity index is 635. The van der Waals surface area contributed by atoms with Gasteiger partial charge in [0.15, 0.2) is 0 Å². The van der Waals surface area contributed by atoms with Gasteiger partial charge in [0.25, 0.3) is 0 Å². The summed E-state index contributed by atoms with van der Waals surface area (Å²) in [6, 6.07) is 8.76. The number of hydrogen-bond acceptors (Lipinski definition) is 3. The Morgan fingerprint density at radius 1 is 1.32 bits per heavy atom. The van der Waals surface area contributed by atoms with Crippen molar-refractivity contribution in [2.45, 2.75) is 6.54 Å². The predicted molar refractivity (Wildman–Crippen MR) is 67.4 cm³/mol. The average molecular weight is 259 g/mol. The van der Waals surface area contributed by atoms with Crippen molar-refractivity contribution in [2.24, 2.45) is 0 Å². The lowest BCUT2D eigenvalue weighted by molar-refractivity contribution is 0.571. The molecule has 1 aromatic carbocycles. The summed E-state index contributed by atoms with van der Waals surface area (Å²) in [6.45, 7) is 0.206. The third-order valence-electron chi connectivity index (χ3n) is 2.69. The van der Waals surface area contributed by atoms with E-state index >= 15 is 0 Å². The highest BCUT2D eigenvalue weighted by atomic mass is 19.1. The third kappa shape index (κ3) is 2.86. The van der Waals surface area contributed by atoms with Crippen LogP contribution in [0.15, 0.2) is 36.5 Å². The van der Waals surface area contributed by atoms with Crippen LogP contribution in [0, 0.1) is 23.0 Å². The van der Waals surface area contributed by atoms with E-state index < -0.39 is 11.6 Å². The zero-order chi connectivity index (χ0) is 13.8. The molecule has 1 heterocycles. The van der Waals surface area contributed by atoms with Gasteiger partial charge in [0.1, 0.15) is 23.5 Å². The van der Waals surface area contributed by atoms with Gasteiger partial charge >= 0.3 is 0 Å². The van der Waals surface area contributed by atoms with Crippen molar-refractivity contribution in [3.8, 4) is 6.07 Å². The maximum atomic E-state index is 13.6. The fourth-order valence-corrected chi connectivity index (χ4v) is 1.77. The molecule has 2 aromatic rings. The van der Waals surface area contributed by atoms with E-state index in [0.717, 1.165) is 6.07 Å². The highest BCUT2D eigenvalue weighted by molar-refractivity contribution is 5.53. The molecule has 0 saturated carbocycles. The largest absolute Gasteiger partial charge is 0.354 e. The quantitative estimate of drug-likeness (QED) is 0.850. The van der Waals surface area contributed by atoms with E-state index in [1.165, 1.54) is 12.1 Å². The predicted octanol–water partition coefficient (Wildman–Crippen LogP) is 2.87. The number of rotatable bonds is 3. The molecule has 0 atom stereocenters. The number of nitrogens with zero attached hydrogens (tertiary/aromatic N) is 3. The molecule has 96 valence electrons. The van der Waals surface area contributed by atoms with Crippen LogP contribution in [-0.4, -0.2) is 12.0 Å². The molecule has 5 heteroatoms. The van der Waals surface area contributed by atoms with Crippen LogP contribution in [0.25, 0.3) is 0 Å². The minimum atomic E-state index is -0.612. The summed E-state index contributed by atoms with van der Waals surface area (Å²) < 4.78 is 26.4. The van der Waals surface area contributed by atoms with Gasteiger partial charge < -0.3 is 4.90 Å². The summed E-state index contributed by atoms with van der Waals surface area (Å²) in [5.41, 5.74) is 0.756. The molecule has 0 saturated heterocycles. The smallest absolute Gasteiger partial charge is 0.146 e. The standard InChI is InChI=1S/C14H11F2N3/c1-19(14-10(8-17)3-2-6-18-14)9-11-4-5-12(15)7-13(11)16/h2-7H,9H2,1H3. The van der Waals surface area contributed by atoms with Crippen LogP contribution in [0.5, 0.6) is 0 Å². The number of benzene rings is 1. The number of pyridine rings is 1. The first-order chi connectivity index (χ1) is 9.11. The van der Waals surface area contributed by atoms with E-state index in [1.807, 2.05) is 6.07 Å². The van der Waals surface area contributed by atoms with E-state index in [-0.39, 0.29) is 6.54 Å². The van der Waals surface area contributed by atoms with E-state index in [2.05, 4.69) is 4.98 Å². The van der Waals surface area contributed by atoms with Crippen LogP contribution in [-0.2, 0) is 6.54 Å². The maximum absolute atomic E-state index is 13.6. The molecule has 0 bridgehead atoms. The molecular weight excluding hydrogens is 248 g/mol. The van der Waals surface area contributed by atoms with Crippen LogP contribution < -0.4 is 4.90 Å². The molecule has 0 fully saturated rings. The number of halogens is 2. The van der Waals surface area contributed by atoms with Crippen molar-refractivity contribution in [3.63, 3.8) is 0 Å². The molecule has 0 N–H and O–H groups in total. The second kappa shape index (κ2) is 5.44. The van der Waals surface area contributed by atoms with Crippen LogP contribution in [0.1, 0.15) is 11.1 Å². The van der Waals surface area contributed by atoms with Crippen LogP contribution in [0.2, 0.25) is 0 Å². The molecule has 0 unspecified atom stereocenters. The van der Waals surface area contributed by atoms with Gasteiger partial charge in [0.05, 0.1) is 5.56 Å². The number of hydrogen-bond donors (Lipinski definition) is 0. The van der Waals surface area contributed by atoms with E-state index in [1.54, 1.807) is 30.3 Å². The minimum Gasteiger partial charge on any atom is -0.354 e. The molecule has 0 radical (unpaired) electrons. The Hall–Kier alpha value is -2.48. The molecule has 19 heavy (non-hydrogen) atoms. The Kier molecular flexibility index (Phi) is 3.71.